The topological polar surface area (TPSA) is 73.1 Å². The van der Waals surface area contributed by atoms with Crippen LogP contribution in [0.3, 0.4) is 0 Å². The van der Waals surface area contributed by atoms with Crippen LogP contribution in [0.15, 0.2) is 55.1 Å². The van der Waals surface area contributed by atoms with Crippen molar-refractivity contribution in [1.29, 1.82) is 0 Å². The Bertz CT molecular complexity index is 941. The highest BCUT2D eigenvalue weighted by Crippen LogP contribution is 2.28. The molecule has 4 heterocycles. The summed E-state index contributed by atoms with van der Waals surface area (Å²) >= 11 is 0. The number of aromatic nitrogens is 4. The highest BCUT2D eigenvalue weighted by atomic mass is 16.5. The van der Waals surface area contributed by atoms with Gasteiger partial charge < -0.3 is 14.2 Å². The maximum absolute atomic E-state index is 13.0. The number of carbonyl (C=O) groups excluding carboxylic acids is 1. The van der Waals surface area contributed by atoms with Crippen LogP contribution in [0.25, 0.3) is 0 Å². The van der Waals surface area contributed by atoms with Gasteiger partial charge >= 0.3 is 0 Å². The van der Waals surface area contributed by atoms with E-state index in [1.165, 1.54) is 7.11 Å². The normalized spacial score (nSPS) is 16.8. The number of piperidine rings is 1. The van der Waals surface area contributed by atoms with Gasteiger partial charge in [0.2, 0.25) is 5.88 Å². The Balaban J connectivity index is 1.52. The summed E-state index contributed by atoms with van der Waals surface area (Å²) in [6, 6.07) is 9.43. The Kier molecular flexibility index (Phi) is 5.32. The second-order valence-corrected chi connectivity index (χ2v) is 6.88. The van der Waals surface area contributed by atoms with Gasteiger partial charge in [0.15, 0.2) is 0 Å². The predicted molar refractivity (Wildman–Crippen MR) is 104 cm³/mol. The minimum atomic E-state index is -0.0440. The van der Waals surface area contributed by atoms with Crippen LogP contribution >= 0.6 is 0 Å². The molecule has 3 aromatic heterocycles. The van der Waals surface area contributed by atoms with E-state index >= 15 is 0 Å². The molecule has 1 saturated heterocycles. The fraction of sp³-hybridized carbons (Fsp3) is 0.333. The Labute approximate surface area is 164 Å². The molecule has 1 atom stereocenters. The number of ether oxygens (including phenoxy) is 1. The zero-order valence-electron chi connectivity index (χ0n) is 15.9. The van der Waals surface area contributed by atoms with Crippen LogP contribution < -0.4 is 4.74 Å². The molecule has 1 amide bonds. The first-order chi connectivity index (χ1) is 13.8. The summed E-state index contributed by atoms with van der Waals surface area (Å²) in [5, 5.41) is 0. The minimum absolute atomic E-state index is 0.0440. The van der Waals surface area contributed by atoms with E-state index in [-0.39, 0.29) is 11.8 Å². The van der Waals surface area contributed by atoms with E-state index in [0.29, 0.717) is 24.5 Å². The first-order valence-corrected chi connectivity index (χ1v) is 9.45. The van der Waals surface area contributed by atoms with Gasteiger partial charge in [-0.1, -0.05) is 6.07 Å². The highest BCUT2D eigenvalue weighted by molar-refractivity contribution is 5.96. The van der Waals surface area contributed by atoms with E-state index in [1.807, 2.05) is 35.5 Å². The van der Waals surface area contributed by atoms with Crippen molar-refractivity contribution in [1.82, 2.24) is 24.4 Å². The van der Waals surface area contributed by atoms with Gasteiger partial charge in [-0.25, -0.2) is 9.97 Å². The molecular weight excluding hydrogens is 354 g/mol. The van der Waals surface area contributed by atoms with Crippen LogP contribution in [-0.2, 0) is 6.54 Å². The number of hydrogen-bond donors (Lipinski definition) is 0. The fourth-order valence-corrected chi connectivity index (χ4v) is 3.74. The van der Waals surface area contributed by atoms with Crippen LogP contribution in [0.4, 0.5) is 0 Å². The number of amides is 1. The van der Waals surface area contributed by atoms with Gasteiger partial charge in [-0.15, -0.1) is 0 Å². The molecule has 0 aliphatic carbocycles. The Morgan fingerprint density at radius 1 is 1.14 bits per heavy atom. The molecule has 28 heavy (non-hydrogen) atoms. The smallest absolute Gasteiger partial charge is 0.259 e. The van der Waals surface area contributed by atoms with Gasteiger partial charge in [0.05, 0.1) is 19.3 Å². The summed E-state index contributed by atoms with van der Waals surface area (Å²) in [6.07, 6.45) is 9.18. The second kappa shape index (κ2) is 8.21. The summed E-state index contributed by atoms with van der Waals surface area (Å²) < 4.78 is 7.39. The Morgan fingerprint density at radius 2 is 2.04 bits per heavy atom. The molecule has 0 aromatic carbocycles. The lowest BCUT2D eigenvalue weighted by atomic mass is 9.96. The van der Waals surface area contributed by atoms with Crippen LogP contribution in [0.5, 0.6) is 5.88 Å². The average molecular weight is 377 g/mol. The van der Waals surface area contributed by atoms with Crippen LogP contribution in [0.2, 0.25) is 0 Å². The highest BCUT2D eigenvalue weighted by Gasteiger charge is 2.29. The number of rotatable bonds is 5. The van der Waals surface area contributed by atoms with Gasteiger partial charge in [-0.2, -0.15) is 0 Å². The maximum atomic E-state index is 13.0. The van der Waals surface area contributed by atoms with Crippen molar-refractivity contribution in [3.05, 3.63) is 72.2 Å². The van der Waals surface area contributed by atoms with E-state index in [1.54, 1.807) is 24.5 Å². The van der Waals surface area contributed by atoms with E-state index in [2.05, 4.69) is 19.5 Å². The van der Waals surface area contributed by atoms with Crippen molar-refractivity contribution in [2.75, 3.05) is 20.2 Å². The largest absolute Gasteiger partial charge is 0.480 e. The summed E-state index contributed by atoms with van der Waals surface area (Å²) in [6.45, 7) is 2.04. The first kappa shape index (κ1) is 18.2. The third-order valence-electron chi connectivity index (χ3n) is 5.07. The van der Waals surface area contributed by atoms with Gasteiger partial charge in [0.25, 0.3) is 5.91 Å². The molecule has 4 rings (SSSR count). The quantitative estimate of drug-likeness (QED) is 0.684. The van der Waals surface area contributed by atoms with Gasteiger partial charge in [0.1, 0.15) is 11.4 Å². The lowest BCUT2D eigenvalue weighted by Crippen LogP contribution is -2.40. The molecule has 7 heteroatoms. The van der Waals surface area contributed by atoms with Crippen molar-refractivity contribution in [3.8, 4) is 5.88 Å². The van der Waals surface area contributed by atoms with E-state index in [4.69, 9.17) is 4.74 Å². The summed E-state index contributed by atoms with van der Waals surface area (Å²) in [7, 11) is 1.53. The fourth-order valence-electron chi connectivity index (χ4n) is 3.74. The monoisotopic (exact) mass is 377 g/mol. The Hall–Kier alpha value is -3.22. The number of hydrogen-bond acceptors (Lipinski definition) is 5. The molecule has 144 valence electrons. The summed E-state index contributed by atoms with van der Waals surface area (Å²) in [4.78, 5) is 28.1. The van der Waals surface area contributed by atoms with Crippen LogP contribution in [0.1, 0.15) is 40.6 Å². The number of imidazole rings is 1. The first-order valence-electron chi connectivity index (χ1n) is 9.45. The average Bonchev–Trinajstić information content (AvgIpc) is 3.22. The molecule has 0 saturated carbocycles. The standard InChI is InChI=1S/C21H23N5O2/c1-28-20-18(8-4-10-24-20)21(27)26-12-5-6-16(14-26)19-23-11-13-25(19)15-17-7-2-3-9-22-17/h2-4,7-11,13,16H,5-6,12,14-15H2,1H3/t16-/m0/s1. The lowest BCUT2D eigenvalue weighted by Gasteiger charge is -2.33. The van der Waals surface area contributed by atoms with Crippen molar-refractivity contribution in [2.24, 2.45) is 0 Å². The third kappa shape index (κ3) is 3.74. The van der Waals surface area contributed by atoms with Crippen molar-refractivity contribution in [2.45, 2.75) is 25.3 Å². The number of carbonyl (C=O) groups is 1. The molecular formula is C21H23N5O2. The molecule has 0 bridgehead atoms. The third-order valence-corrected chi connectivity index (χ3v) is 5.07. The minimum Gasteiger partial charge on any atom is -0.480 e. The molecule has 1 aliphatic heterocycles. The predicted octanol–water partition coefficient (Wildman–Crippen LogP) is 2.75. The van der Waals surface area contributed by atoms with Gasteiger partial charge in [-0.05, 0) is 37.1 Å². The van der Waals surface area contributed by atoms with Crippen LogP contribution in [-0.4, -0.2) is 50.5 Å². The van der Waals surface area contributed by atoms with Gasteiger partial charge in [-0.3, -0.25) is 9.78 Å². The van der Waals surface area contributed by atoms with E-state index in [0.717, 1.165) is 30.9 Å². The number of pyridine rings is 2. The molecule has 1 fully saturated rings. The molecule has 7 nitrogen and oxygen atoms in total. The zero-order chi connectivity index (χ0) is 19.3. The summed E-state index contributed by atoms with van der Waals surface area (Å²) in [5.74, 6) is 1.52. The van der Waals surface area contributed by atoms with Crippen LogP contribution in [0, 0.1) is 0 Å². The molecule has 0 unspecified atom stereocenters. The second-order valence-electron chi connectivity index (χ2n) is 6.88. The number of methoxy groups -OCH3 is 1. The van der Waals surface area contributed by atoms with E-state index < -0.39 is 0 Å². The molecule has 0 radical (unpaired) electrons. The van der Waals surface area contributed by atoms with Crippen molar-refractivity contribution < 1.29 is 9.53 Å². The van der Waals surface area contributed by atoms with E-state index in [9.17, 15) is 4.79 Å². The molecule has 1 aliphatic rings. The number of likely N-dealkylation sites (tertiary alicyclic amines) is 1. The van der Waals surface area contributed by atoms with Crippen molar-refractivity contribution >= 4 is 5.91 Å². The lowest BCUT2D eigenvalue weighted by molar-refractivity contribution is 0.0699. The van der Waals surface area contributed by atoms with Gasteiger partial charge in [0, 0.05) is 43.8 Å². The maximum Gasteiger partial charge on any atom is 0.259 e. The Morgan fingerprint density at radius 3 is 2.86 bits per heavy atom. The van der Waals surface area contributed by atoms with Crippen molar-refractivity contribution in [3.63, 3.8) is 0 Å². The summed E-state index contributed by atoms with van der Waals surface area (Å²) in [5.41, 5.74) is 1.49. The molecule has 3 aromatic rings. The molecule has 0 N–H and O–H groups in total. The zero-order valence-corrected chi connectivity index (χ0v) is 15.9. The SMILES string of the molecule is COc1ncccc1C(=O)N1CCC[C@H](c2nccn2Cc2ccccn2)C1. The molecule has 0 spiro atoms. The number of nitrogens with zero attached hydrogens (tertiary/aromatic N) is 5.